The van der Waals surface area contributed by atoms with Crippen molar-refractivity contribution in [2.45, 2.75) is 39.2 Å². The number of rotatable bonds is 5. The second-order valence-electron chi connectivity index (χ2n) is 6.11. The summed E-state index contributed by atoms with van der Waals surface area (Å²) in [6, 6.07) is 6.94. The number of benzene rings is 1. The lowest BCUT2D eigenvalue weighted by atomic mass is 9.93. The van der Waals surface area contributed by atoms with Crippen LogP contribution in [-0.2, 0) is 16.3 Å². The first kappa shape index (κ1) is 15.5. The Hall–Kier alpha value is -0.870. The molecule has 0 bridgehead atoms. The van der Waals surface area contributed by atoms with Crippen LogP contribution >= 0.6 is 0 Å². The van der Waals surface area contributed by atoms with E-state index in [2.05, 4.69) is 37.4 Å². The zero-order valence-electron chi connectivity index (χ0n) is 12.6. The summed E-state index contributed by atoms with van der Waals surface area (Å²) in [4.78, 5) is 0. The zero-order valence-corrected chi connectivity index (χ0v) is 13.5. The van der Waals surface area contributed by atoms with Gasteiger partial charge in [0.2, 0.25) is 0 Å². The summed E-state index contributed by atoms with van der Waals surface area (Å²) in [7, 11) is -0.795. The van der Waals surface area contributed by atoms with Crippen LogP contribution in [0, 0.1) is 19.8 Å². The van der Waals surface area contributed by atoms with Crippen LogP contribution in [0.5, 0.6) is 0 Å². The Balaban J connectivity index is 1.97. The molecule has 3 nitrogen and oxygen atoms in total. The molecule has 0 radical (unpaired) electrons. The van der Waals surface area contributed by atoms with Gasteiger partial charge in [0.25, 0.3) is 0 Å². The maximum Gasteiger partial charge on any atom is 0.150 e. The molecule has 2 atom stereocenters. The first-order valence-corrected chi connectivity index (χ1v) is 9.15. The molecule has 1 saturated heterocycles. The summed E-state index contributed by atoms with van der Waals surface area (Å²) in [6.45, 7) is 4.26. The Kier molecular flexibility index (Phi) is 4.86. The standard InChI is InChI=1S/C16H25NO2S/c1-12-4-5-14(8-13(12)2)9-16(17-3)10-15-6-7-20(18,19)11-15/h4-5,8,15-17H,6-7,9-11H2,1-3H3. The van der Waals surface area contributed by atoms with Crippen molar-refractivity contribution in [2.24, 2.45) is 5.92 Å². The van der Waals surface area contributed by atoms with Gasteiger partial charge in [-0.25, -0.2) is 8.42 Å². The molecule has 0 amide bonds. The molecule has 0 aliphatic carbocycles. The molecule has 2 unspecified atom stereocenters. The Morgan fingerprint density at radius 3 is 2.60 bits per heavy atom. The number of hydrogen-bond donors (Lipinski definition) is 1. The highest BCUT2D eigenvalue weighted by molar-refractivity contribution is 7.91. The lowest BCUT2D eigenvalue weighted by Gasteiger charge is -2.20. The average molecular weight is 295 g/mol. The van der Waals surface area contributed by atoms with Crippen molar-refractivity contribution in [2.75, 3.05) is 18.6 Å². The van der Waals surface area contributed by atoms with Crippen molar-refractivity contribution in [3.8, 4) is 0 Å². The Bertz CT molecular complexity index is 566. The number of likely N-dealkylation sites (N-methyl/N-ethyl adjacent to an activating group) is 1. The maximum absolute atomic E-state index is 11.5. The van der Waals surface area contributed by atoms with Crippen LogP contribution in [0.4, 0.5) is 0 Å². The average Bonchev–Trinajstić information content (AvgIpc) is 2.72. The van der Waals surface area contributed by atoms with Crippen LogP contribution in [0.1, 0.15) is 29.5 Å². The van der Waals surface area contributed by atoms with Gasteiger partial charge in [-0.05, 0) is 62.8 Å². The minimum Gasteiger partial charge on any atom is -0.317 e. The molecule has 1 aromatic rings. The number of nitrogens with one attached hydrogen (secondary N) is 1. The molecule has 4 heteroatoms. The van der Waals surface area contributed by atoms with E-state index in [4.69, 9.17) is 0 Å². The summed E-state index contributed by atoms with van der Waals surface area (Å²) in [5.74, 6) is 1.07. The quantitative estimate of drug-likeness (QED) is 0.906. The summed E-state index contributed by atoms with van der Waals surface area (Å²) < 4.78 is 23.1. The molecule has 1 fully saturated rings. The molecule has 1 N–H and O–H groups in total. The van der Waals surface area contributed by atoms with Crippen LogP contribution in [0.15, 0.2) is 18.2 Å². The molecule has 0 saturated carbocycles. The lowest BCUT2D eigenvalue weighted by Crippen LogP contribution is -2.30. The van der Waals surface area contributed by atoms with Gasteiger partial charge in [0.1, 0.15) is 0 Å². The van der Waals surface area contributed by atoms with Crippen LogP contribution in [0.3, 0.4) is 0 Å². The fraction of sp³-hybridized carbons (Fsp3) is 0.625. The van der Waals surface area contributed by atoms with Crippen molar-refractivity contribution < 1.29 is 8.42 Å². The minimum absolute atomic E-state index is 0.323. The first-order chi connectivity index (χ1) is 9.39. The van der Waals surface area contributed by atoms with Gasteiger partial charge < -0.3 is 5.32 Å². The first-order valence-electron chi connectivity index (χ1n) is 7.33. The normalized spacial score (nSPS) is 22.9. The highest BCUT2D eigenvalue weighted by atomic mass is 32.2. The third kappa shape index (κ3) is 4.06. The van der Waals surface area contributed by atoms with Crippen molar-refractivity contribution in [1.29, 1.82) is 0 Å². The van der Waals surface area contributed by atoms with Crippen LogP contribution in [0.2, 0.25) is 0 Å². The number of aryl methyl sites for hydroxylation is 2. The van der Waals surface area contributed by atoms with Crippen LogP contribution < -0.4 is 5.32 Å². The SMILES string of the molecule is CNC(Cc1ccc(C)c(C)c1)CC1CCS(=O)(=O)C1. The topological polar surface area (TPSA) is 46.2 Å². The smallest absolute Gasteiger partial charge is 0.150 e. The van der Waals surface area contributed by atoms with Crippen molar-refractivity contribution >= 4 is 9.84 Å². The van der Waals surface area contributed by atoms with E-state index < -0.39 is 9.84 Å². The highest BCUT2D eigenvalue weighted by Gasteiger charge is 2.29. The molecule has 1 aliphatic heterocycles. The van der Waals surface area contributed by atoms with Gasteiger partial charge in [0.15, 0.2) is 9.84 Å². The second kappa shape index (κ2) is 6.27. The molecule has 1 aromatic carbocycles. The van der Waals surface area contributed by atoms with E-state index in [1.807, 2.05) is 7.05 Å². The summed E-state index contributed by atoms with van der Waals surface area (Å²) in [5.41, 5.74) is 3.96. The largest absolute Gasteiger partial charge is 0.317 e. The summed E-state index contributed by atoms with van der Waals surface area (Å²) in [6.07, 6.45) is 2.74. The number of hydrogen-bond acceptors (Lipinski definition) is 3. The minimum atomic E-state index is -2.76. The van der Waals surface area contributed by atoms with E-state index in [1.165, 1.54) is 16.7 Å². The lowest BCUT2D eigenvalue weighted by molar-refractivity contribution is 0.424. The molecular weight excluding hydrogens is 270 g/mol. The molecular formula is C16H25NO2S. The van der Waals surface area contributed by atoms with Gasteiger partial charge in [-0.1, -0.05) is 18.2 Å². The van der Waals surface area contributed by atoms with Gasteiger partial charge in [0.05, 0.1) is 11.5 Å². The second-order valence-corrected chi connectivity index (χ2v) is 8.34. The molecule has 1 aliphatic rings. The van der Waals surface area contributed by atoms with Gasteiger partial charge in [-0.2, -0.15) is 0 Å². The van der Waals surface area contributed by atoms with E-state index in [0.29, 0.717) is 23.5 Å². The highest BCUT2D eigenvalue weighted by Crippen LogP contribution is 2.24. The van der Waals surface area contributed by atoms with E-state index in [-0.39, 0.29) is 0 Å². The summed E-state index contributed by atoms with van der Waals surface area (Å²) in [5, 5.41) is 3.34. The molecule has 0 aromatic heterocycles. The Morgan fingerprint density at radius 2 is 2.05 bits per heavy atom. The van der Waals surface area contributed by atoms with Crippen LogP contribution in [0.25, 0.3) is 0 Å². The van der Waals surface area contributed by atoms with E-state index in [0.717, 1.165) is 19.3 Å². The van der Waals surface area contributed by atoms with Crippen LogP contribution in [-0.4, -0.2) is 33.0 Å². The Morgan fingerprint density at radius 1 is 1.30 bits per heavy atom. The predicted molar refractivity (Wildman–Crippen MR) is 83.8 cm³/mol. The van der Waals surface area contributed by atoms with Crippen molar-refractivity contribution in [3.63, 3.8) is 0 Å². The van der Waals surface area contributed by atoms with E-state index in [9.17, 15) is 8.42 Å². The van der Waals surface area contributed by atoms with Gasteiger partial charge >= 0.3 is 0 Å². The third-order valence-corrected chi connectivity index (χ3v) is 6.24. The number of sulfone groups is 1. The fourth-order valence-corrected chi connectivity index (χ4v) is 4.86. The molecule has 20 heavy (non-hydrogen) atoms. The van der Waals surface area contributed by atoms with Gasteiger partial charge in [-0.15, -0.1) is 0 Å². The molecule has 0 spiro atoms. The Labute approximate surface area is 122 Å². The van der Waals surface area contributed by atoms with Crippen molar-refractivity contribution in [3.05, 3.63) is 34.9 Å². The maximum atomic E-state index is 11.5. The molecule has 1 heterocycles. The fourth-order valence-electron chi connectivity index (χ4n) is 2.98. The van der Waals surface area contributed by atoms with E-state index in [1.54, 1.807) is 0 Å². The summed E-state index contributed by atoms with van der Waals surface area (Å²) >= 11 is 0. The van der Waals surface area contributed by atoms with Crippen molar-refractivity contribution in [1.82, 2.24) is 5.32 Å². The van der Waals surface area contributed by atoms with Gasteiger partial charge in [0, 0.05) is 6.04 Å². The van der Waals surface area contributed by atoms with Gasteiger partial charge in [-0.3, -0.25) is 0 Å². The third-order valence-electron chi connectivity index (χ3n) is 4.41. The molecule has 2 rings (SSSR count). The predicted octanol–water partition coefficient (Wildman–Crippen LogP) is 2.26. The zero-order chi connectivity index (χ0) is 14.8. The molecule has 112 valence electrons. The monoisotopic (exact) mass is 295 g/mol. The van der Waals surface area contributed by atoms with E-state index >= 15 is 0 Å².